The largest absolute Gasteiger partial charge is 0.494 e. The van der Waals surface area contributed by atoms with Gasteiger partial charge in [0, 0.05) is 5.69 Å². The molecule has 1 fully saturated rings. The Kier molecular flexibility index (Phi) is 4.26. The van der Waals surface area contributed by atoms with Crippen LogP contribution in [-0.2, 0) is 0 Å². The predicted molar refractivity (Wildman–Crippen MR) is 69.5 cm³/mol. The molecule has 94 valence electrons. The minimum Gasteiger partial charge on any atom is -0.494 e. The summed E-state index contributed by atoms with van der Waals surface area (Å²) in [5, 5.41) is 13.1. The SMILES string of the molecule is CCCOc1ccc(N[C@@H]2CCC[C@H]2O)cc1. The normalized spacial score (nSPS) is 23.6. The second-order valence-electron chi connectivity index (χ2n) is 4.62. The highest BCUT2D eigenvalue weighted by molar-refractivity contribution is 5.47. The molecule has 0 saturated heterocycles. The molecule has 0 spiro atoms. The van der Waals surface area contributed by atoms with Gasteiger partial charge in [-0.2, -0.15) is 0 Å². The van der Waals surface area contributed by atoms with Crippen LogP contribution in [0.2, 0.25) is 0 Å². The maximum absolute atomic E-state index is 9.73. The Bertz CT molecular complexity index is 337. The number of hydrogen-bond acceptors (Lipinski definition) is 3. The van der Waals surface area contributed by atoms with Crippen LogP contribution >= 0.6 is 0 Å². The Labute approximate surface area is 103 Å². The molecule has 0 unspecified atom stereocenters. The van der Waals surface area contributed by atoms with Crippen LogP contribution in [0.5, 0.6) is 5.75 Å². The summed E-state index contributed by atoms with van der Waals surface area (Å²) in [4.78, 5) is 0. The molecule has 0 radical (unpaired) electrons. The lowest BCUT2D eigenvalue weighted by Gasteiger charge is -2.18. The average molecular weight is 235 g/mol. The van der Waals surface area contributed by atoms with E-state index in [0.717, 1.165) is 43.7 Å². The van der Waals surface area contributed by atoms with Gasteiger partial charge >= 0.3 is 0 Å². The van der Waals surface area contributed by atoms with E-state index in [-0.39, 0.29) is 12.1 Å². The molecule has 2 rings (SSSR count). The molecule has 1 aliphatic rings. The minimum absolute atomic E-state index is 0.203. The monoisotopic (exact) mass is 235 g/mol. The van der Waals surface area contributed by atoms with Crippen molar-refractivity contribution in [2.45, 2.75) is 44.8 Å². The number of nitrogens with one attached hydrogen (secondary N) is 1. The zero-order valence-electron chi connectivity index (χ0n) is 10.4. The maximum atomic E-state index is 9.73. The number of hydrogen-bond donors (Lipinski definition) is 2. The first-order valence-electron chi connectivity index (χ1n) is 6.47. The number of aliphatic hydroxyl groups is 1. The Hall–Kier alpha value is -1.22. The average Bonchev–Trinajstić information content (AvgIpc) is 2.74. The summed E-state index contributed by atoms with van der Waals surface area (Å²) in [6, 6.07) is 8.17. The highest BCUT2D eigenvalue weighted by atomic mass is 16.5. The van der Waals surface area contributed by atoms with Crippen molar-refractivity contribution in [3.05, 3.63) is 24.3 Å². The molecule has 1 saturated carbocycles. The number of anilines is 1. The summed E-state index contributed by atoms with van der Waals surface area (Å²) in [5.41, 5.74) is 1.06. The molecule has 2 N–H and O–H groups in total. The summed E-state index contributed by atoms with van der Waals surface area (Å²) in [6.45, 7) is 2.85. The number of benzene rings is 1. The van der Waals surface area contributed by atoms with Crippen LogP contribution in [0.15, 0.2) is 24.3 Å². The predicted octanol–water partition coefficient (Wildman–Crippen LogP) is 2.80. The van der Waals surface area contributed by atoms with Crippen LogP contribution < -0.4 is 10.1 Å². The Balaban J connectivity index is 1.89. The van der Waals surface area contributed by atoms with Gasteiger partial charge in [0.2, 0.25) is 0 Å². The van der Waals surface area contributed by atoms with Crippen LogP contribution in [0.25, 0.3) is 0 Å². The second-order valence-corrected chi connectivity index (χ2v) is 4.62. The van der Waals surface area contributed by atoms with E-state index in [1.165, 1.54) is 0 Å². The van der Waals surface area contributed by atoms with Crippen molar-refractivity contribution in [3.8, 4) is 5.75 Å². The standard InChI is InChI=1S/C14H21NO2/c1-2-10-17-12-8-6-11(7-9-12)15-13-4-3-5-14(13)16/h6-9,13-16H,2-5,10H2,1H3/t13-,14-/m1/s1. The fraction of sp³-hybridized carbons (Fsp3) is 0.571. The van der Waals surface area contributed by atoms with E-state index in [1.54, 1.807) is 0 Å². The fourth-order valence-corrected chi connectivity index (χ4v) is 2.19. The molecule has 3 heteroatoms. The molecule has 0 heterocycles. The van der Waals surface area contributed by atoms with Crippen LogP contribution in [-0.4, -0.2) is 23.9 Å². The van der Waals surface area contributed by atoms with Crippen LogP contribution in [0.1, 0.15) is 32.6 Å². The summed E-state index contributed by atoms with van der Waals surface area (Å²) in [6.07, 6.45) is 3.89. The van der Waals surface area contributed by atoms with Gasteiger partial charge in [0.05, 0.1) is 18.8 Å². The molecule has 0 aliphatic heterocycles. The van der Waals surface area contributed by atoms with Gasteiger partial charge in [0.25, 0.3) is 0 Å². The highest BCUT2D eigenvalue weighted by Crippen LogP contribution is 2.24. The van der Waals surface area contributed by atoms with Gasteiger partial charge < -0.3 is 15.2 Å². The molecule has 0 amide bonds. The first-order valence-corrected chi connectivity index (χ1v) is 6.47. The topological polar surface area (TPSA) is 41.5 Å². The first kappa shape index (κ1) is 12.2. The van der Waals surface area contributed by atoms with Crippen molar-refractivity contribution in [1.82, 2.24) is 0 Å². The molecule has 0 aromatic heterocycles. The van der Waals surface area contributed by atoms with Gasteiger partial charge in [0.1, 0.15) is 5.75 Å². The summed E-state index contributed by atoms with van der Waals surface area (Å²) in [5.74, 6) is 0.907. The zero-order chi connectivity index (χ0) is 12.1. The molecular formula is C14H21NO2. The Morgan fingerprint density at radius 2 is 2.06 bits per heavy atom. The number of rotatable bonds is 5. The van der Waals surface area contributed by atoms with E-state index in [1.807, 2.05) is 24.3 Å². The third-order valence-electron chi connectivity index (χ3n) is 3.16. The lowest BCUT2D eigenvalue weighted by atomic mass is 10.2. The molecular weight excluding hydrogens is 214 g/mol. The zero-order valence-corrected chi connectivity index (χ0v) is 10.4. The minimum atomic E-state index is -0.203. The summed E-state index contributed by atoms with van der Waals surface area (Å²) < 4.78 is 5.52. The van der Waals surface area contributed by atoms with Crippen LogP contribution in [0.3, 0.4) is 0 Å². The Morgan fingerprint density at radius 1 is 1.29 bits per heavy atom. The first-order chi connectivity index (χ1) is 8.29. The van der Waals surface area contributed by atoms with Crippen molar-refractivity contribution in [2.75, 3.05) is 11.9 Å². The number of ether oxygens (including phenoxy) is 1. The quantitative estimate of drug-likeness (QED) is 0.824. The smallest absolute Gasteiger partial charge is 0.119 e. The van der Waals surface area contributed by atoms with Crippen molar-refractivity contribution in [2.24, 2.45) is 0 Å². The molecule has 17 heavy (non-hydrogen) atoms. The van der Waals surface area contributed by atoms with Gasteiger partial charge in [-0.1, -0.05) is 6.92 Å². The molecule has 2 atom stereocenters. The molecule has 0 bridgehead atoms. The van der Waals surface area contributed by atoms with E-state index >= 15 is 0 Å². The second kappa shape index (κ2) is 5.92. The van der Waals surface area contributed by atoms with Gasteiger partial charge in [-0.15, -0.1) is 0 Å². The van der Waals surface area contributed by atoms with E-state index < -0.39 is 0 Å². The van der Waals surface area contributed by atoms with Gasteiger partial charge in [0.15, 0.2) is 0 Å². The Morgan fingerprint density at radius 3 is 2.65 bits per heavy atom. The van der Waals surface area contributed by atoms with E-state index in [4.69, 9.17) is 4.74 Å². The summed E-state index contributed by atoms with van der Waals surface area (Å²) in [7, 11) is 0. The summed E-state index contributed by atoms with van der Waals surface area (Å²) >= 11 is 0. The third kappa shape index (κ3) is 3.37. The van der Waals surface area contributed by atoms with Crippen molar-refractivity contribution in [1.29, 1.82) is 0 Å². The van der Waals surface area contributed by atoms with E-state index in [0.29, 0.717) is 0 Å². The molecule has 1 aliphatic carbocycles. The lowest BCUT2D eigenvalue weighted by molar-refractivity contribution is 0.172. The lowest BCUT2D eigenvalue weighted by Crippen LogP contribution is -2.27. The fourth-order valence-electron chi connectivity index (χ4n) is 2.19. The van der Waals surface area contributed by atoms with E-state index in [2.05, 4.69) is 12.2 Å². The highest BCUT2D eigenvalue weighted by Gasteiger charge is 2.24. The number of aliphatic hydroxyl groups excluding tert-OH is 1. The van der Waals surface area contributed by atoms with Crippen molar-refractivity contribution < 1.29 is 9.84 Å². The van der Waals surface area contributed by atoms with Crippen molar-refractivity contribution in [3.63, 3.8) is 0 Å². The van der Waals surface area contributed by atoms with Gasteiger partial charge in [-0.25, -0.2) is 0 Å². The molecule has 1 aromatic rings. The van der Waals surface area contributed by atoms with Gasteiger partial charge in [-0.3, -0.25) is 0 Å². The van der Waals surface area contributed by atoms with Crippen LogP contribution in [0, 0.1) is 0 Å². The molecule has 3 nitrogen and oxygen atoms in total. The third-order valence-corrected chi connectivity index (χ3v) is 3.16. The molecule has 1 aromatic carbocycles. The van der Waals surface area contributed by atoms with Crippen LogP contribution in [0.4, 0.5) is 5.69 Å². The van der Waals surface area contributed by atoms with Crippen molar-refractivity contribution >= 4 is 5.69 Å². The van der Waals surface area contributed by atoms with Gasteiger partial charge in [-0.05, 0) is 49.9 Å². The van der Waals surface area contributed by atoms with E-state index in [9.17, 15) is 5.11 Å². The maximum Gasteiger partial charge on any atom is 0.119 e.